The van der Waals surface area contributed by atoms with E-state index in [0.717, 1.165) is 12.8 Å². The van der Waals surface area contributed by atoms with Crippen LogP contribution in [0.25, 0.3) is 0 Å². The molecule has 0 aliphatic heterocycles. The maximum atomic E-state index is 9.97. The Kier molecular flexibility index (Phi) is 9.16. The van der Waals surface area contributed by atoms with Gasteiger partial charge in [0.15, 0.2) is 0 Å². The molecule has 0 radical (unpaired) electrons. The van der Waals surface area contributed by atoms with Gasteiger partial charge in [-0.3, -0.25) is 0 Å². The highest BCUT2D eigenvalue weighted by atomic mass is 16.3. The summed E-state index contributed by atoms with van der Waals surface area (Å²) < 4.78 is 0. The molecule has 0 fully saturated rings. The van der Waals surface area contributed by atoms with Crippen molar-refractivity contribution >= 4 is 0 Å². The Balaban J connectivity index is 4.00. The molecule has 0 aliphatic carbocycles. The maximum absolute atomic E-state index is 9.97. The second kappa shape index (κ2) is 9.47. The molecule has 0 aromatic carbocycles. The quantitative estimate of drug-likeness (QED) is 0.478. The smallest absolute Gasteiger partial charge is 0.0895 e. The van der Waals surface area contributed by atoms with Crippen LogP contribution < -0.4 is 0 Å². The van der Waals surface area contributed by atoms with Crippen LogP contribution in [0.15, 0.2) is 17.9 Å². The average molecular weight is 240 g/mol. The van der Waals surface area contributed by atoms with Gasteiger partial charge in [-0.15, -0.1) is 5.73 Å². The number of aliphatic hydroxyl groups excluding tert-OH is 1. The van der Waals surface area contributed by atoms with Crippen LogP contribution in [-0.4, -0.2) is 21.9 Å². The SMILES string of the molecule is CCCCCCC(O)C=C=CC(O)(CC)CC. The molecule has 0 aliphatic rings. The van der Waals surface area contributed by atoms with Gasteiger partial charge < -0.3 is 10.2 Å². The molecular weight excluding hydrogens is 212 g/mol. The summed E-state index contributed by atoms with van der Waals surface area (Å²) in [4.78, 5) is 0. The third kappa shape index (κ3) is 8.20. The van der Waals surface area contributed by atoms with Crippen LogP contribution in [0.2, 0.25) is 0 Å². The van der Waals surface area contributed by atoms with Crippen molar-refractivity contribution < 1.29 is 10.2 Å². The van der Waals surface area contributed by atoms with Crippen LogP contribution in [0.5, 0.6) is 0 Å². The van der Waals surface area contributed by atoms with Crippen molar-refractivity contribution in [1.29, 1.82) is 0 Å². The number of aliphatic hydroxyl groups is 2. The molecule has 0 amide bonds. The molecule has 2 nitrogen and oxygen atoms in total. The Morgan fingerprint density at radius 3 is 2.29 bits per heavy atom. The average Bonchev–Trinajstić information content (AvgIpc) is 2.34. The summed E-state index contributed by atoms with van der Waals surface area (Å²) in [5.74, 6) is 0. The normalized spacial score (nSPS) is 13.0. The highest BCUT2D eigenvalue weighted by molar-refractivity contribution is 5.01. The minimum atomic E-state index is -0.765. The summed E-state index contributed by atoms with van der Waals surface area (Å²) in [5, 5.41) is 19.6. The lowest BCUT2D eigenvalue weighted by Crippen LogP contribution is -2.22. The fourth-order valence-electron chi connectivity index (χ4n) is 1.63. The third-order valence-corrected chi connectivity index (χ3v) is 3.22. The number of rotatable bonds is 9. The molecule has 0 bridgehead atoms. The zero-order valence-electron chi connectivity index (χ0n) is 11.6. The first-order valence-corrected chi connectivity index (χ1v) is 6.92. The first kappa shape index (κ1) is 16.4. The second-order valence-corrected chi connectivity index (χ2v) is 4.71. The zero-order chi connectivity index (χ0) is 13.1. The van der Waals surface area contributed by atoms with Crippen molar-refractivity contribution in [3.63, 3.8) is 0 Å². The van der Waals surface area contributed by atoms with Gasteiger partial charge in [-0.2, -0.15) is 0 Å². The molecule has 1 atom stereocenters. The number of unbranched alkanes of at least 4 members (excludes halogenated alkanes) is 3. The van der Waals surface area contributed by atoms with Crippen molar-refractivity contribution in [2.45, 2.75) is 77.4 Å². The fourth-order valence-corrected chi connectivity index (χ4v) is 1.63. The molecule has 2 N–H and O–H groups in total. The molecule has 0 heterocycles. The third-order valence-electron chi connectivity index (χ3n) is 3.22. The van der Waals surface area contributed by atoms with E-state index in [-0.39, 0.29) is 0 Å². The lowest BCUT2D eigenvalue weighted by atomic mass is 9.97. The van der Waals surface area contributed by atoms with Gasteiger partial charge in [-0.25, -0.2) is 0 Å². The largest absolute Gasteiger partial charge is 0.388 e. The minimum absolute atomic E-state index is 0.430. The molecule has 0 aromatic rings. The number of hydrogen-bond donors (Lipinski definition) is 2. The van der Waals surface area contributed by atoms with Gasteiger partial charge in [0.25, 0.3) is 0 Å². The van der Waals surface area contributed by atoms with Gasteiger partial charge in [0.1, 0.15) is 0 Å². The van der Waals surface area contributed by atoms with Gasteiger partial charge in [0.2, 0.25) is 0 Å². The van der Waals surface area contributed by atoms with Crippen molar-refractivity contribution in [3.05, 3.63) is 17.9 Å². The van der Waals surface area contributed by atoms with E-state index in [1.807, 2.05) is 13.8 Å². The number of hydrogen-bond acceptors (Lipinski definition) is 2. The maximum Gasteiger partial charge on any atom is 0.0895 e. The van der Waals surface area contributed by atoms with Gasteiger partial charge >= 0.3 is 0 Å². The Morgan fingerprint density at radius 1 is 1.12 bits per heavy atom. The van der Waals surface area contributed by atoms with E-state index in [9.17, 15) is 10.2 Å². The summed E-state index contributed by atoms with van der Waals surface area (Å²) in [6, 6.07) is 0. The molecule has 100 valence electrons. The summed E-state index contributed by atoms with van der Waals surface area (Å²) in [7, 11) is 0. The molecule has 0 aromatic heterocycles. The Labute approximate surface area is 106 Å². The minimum Gasteiger partial charge on any atom is -0.388 e. The first-order valence-electron chi connectivity index (χ1n) is 6.92. The van der Waals surface area contributed by atoms with Crippen LogP contribution in [0.4, 0.5) is 0 Å². The Hall–Kier alpha value is -0.560. The van der Waals surface area contributed by atoms with Gasteiger partial charge in [0, 0.05) is 0 Å². The van der Waals surface area contributed by atoms with Crippen LogP contribution in [0, 0.1) is 0 Å². The highest BCUT2D eigenvalue weighted by Crippen LogP contribution is 2.15. The Bertz CT molecular complexity index is 235. The van der Waals surface area contributed by atoms with Crippen LogP contribution in [0.3, 0.4) is 0 Å². The van der Waals surface area contributed by atoms with Gasteiger partial charge in [-0.1, -0.05) is 46.5 Å². The summed E-state index contributed by atoms with van der Waals surface area (Å²) in [6.45, 7) is 6.07. The molecule has 1 unspecified atom stereocenters. The van der Waals surface area contributed by atoms with Crippen molar-refractivity contribution in [1.82, 2.24) is 0 Å². The lowest BCUT2D eigenvalue weighted by molar-refractivity contribution is 0.0829. The summed E-state index contributed by atoms with van der Waals surface area (Å²) in [6.07, 6.45) is 9.72. The summed E-state index contributed by atoms with van der Waals surface area (Å²) in [5.41, 5.74) is 2.15. The first-order chi connectivity index (χ1) is 8.08. The molecule has 17 heavy (non-hydrogen) atoms. The van der Waals surface area contributed by atoms with Gasteiger partial charge in [-0.05, 0) is 31.4 Å². The predicted molar refractivity (Wildman–Crippen MR) is 73.0 cm³/mol. The lowest BCUT2D eigenvalue weighted by Gasteiger charge is -2.18. The predicted octanol–water partition coefficient (Wildman–Crippen LogP) is 3.58. The molecule has 2 heteroatoms. The van der Waals surface area contributed by atoms with E-state index in [4.69, 9.17) is 0 Å². The standard InChI is InChI=1S/C15H28O2/c1-4-7-8-9-11-14(16)12-10-13-15(17,5-2)6-3/h12-14,16-17H,4-9,11H2,1-3H3. The molecule has 0 spiro atoms. The van der Waals surface area contributed by atoms with Crippen LogP contribution >= 0.6 is 0 Å². The van der Waals surface area contributed by atoms with Crippen LogP contribution in [-0.2, 0) is 0 Å². The van der Waals surface area contributed by atoms with Crippen molar-refractivity contribution in [3.8, 4) is 0 Å². The van der Waals surface area contributed by atoms with Gasteiger partial charge in [0.05, 0.1) is 11.7 Å². The zero-order valence-corrected chi connectivity index (χ0v) is 11.6. The van der Waals surface area contributed by atoms with E-state index in [1.54, 1.807) is 12.2 Å². The van der Waals surface area contributed by atoms with E-state index in [0.29, 0.717) is 12.8 Å². The van der Waals surface area contributed by atoms with Crippen LogP contribution in [0.1, 0.15) is 65.7 Å². The van der Waals surface area contributed by atoms with Crippen molar-refractivity contribution in [2.24, 2.45) is 0 Å². The van der Waals surface area contributed by atoms with E-state index >= 15 is 0 Å². The second-order valence-electron chi connectivity index (χ2n) is 4.71. The highest BCUT2D eigenvalue weighted by Gasteiger charge is 2.17. The molecule has 0 saturated carbocycles. The summed E-state index contributed by atoms with van der Waals surface area (Å²) >= 11 is 0. The van der Waals surface area contributed by atoms with E-state index < -0.39 is 11.7 Å². The molecule has 0 saturated heterocycles. The molecular formula is C15H28O2. The Morgan fingerprint density at radius 2 is 1.76 bits per heavy atom. The molecule has 0 rings (SSSR count). The van der Waals surface area contributed by atoms with E-state index in [1.165, 1.54) is 19.3 Å². The fraction of sp³-hybridized carbons (Fsp3) is 0.800. The topological polar surface area (TPSA) is 40.5 Å². The monoisotopic (exact) mass is 240 g/mol. The van der Waals surface area contributed by atoms with E-state index in [2.05, 4.69) is 12.7 Å². The van der Waals surface area contributed by atoms with Crippen molar-refractivity contribution in [2.75, 3.05) is 0 Å².